The Labute approximate surface area is 106 Å². The van der Waals surface area contributed by atoms with Gasteiger partial charge in [0.1, 0.15) is 0 Å². The van der Waals surface area contributed by atoms with Crippen molar-refractivity contribution in [3.8, 4) is 0 Å². The van der Waals surface area contributed by atoms with Crippen molar-refractivity contribution in [3.05, 3.63) is 39.9 Å². The monoisotopic (exact) mass is 250 g/mol. The number of rotatable bonds is 4. The number of nitrogens with zero attached hydrogens (tertiary/aromatic N) is 2. The van der Waals surface area contributed by atoms with Gasteiger partial charge in [0.15, 0.2) is 0 Å². The number of likely N-dealkylation sites (tertiary alicyclic amines) is 1. The van der Waals surface area contributed by atoms with Crippen LogP contribution in [-0.2, 0) is 6.54 Å². The molecule has 0 aromatic heterocycles. The lowest BCUT2D eigenvalue weighted by molar-refractivity contribution is -0.384. The van der Waals surface area contributed by atoms with Gasteiger partial charge >= 0.3 is 0 Å². The molecule has 0 amide bonds. The number of aliphatic hydroxyl groups excluding tert-OH is 1. The molecule has 0 aliphatic carbocycles. The first-order chi connectivity index (χ1) is 8.69. The number of non-ortho nitro benzene ring substituents is 1. The molecule has 0 spiro atoms. The van der Waals surface area contributed by atoms with E-state index in [9.17, 15) is 15.2 Å². The third kappa shape index (κ3) is 3.27. The lowest BCUT2D eigenvalue weighted by Crippen LogP contribution is -2.36. The van der Waals surface area contributed by atoms with Gasteiger partial charge in [-0.15, -0.1) is 0 Å². The third-order valence-corrected chi connectivity index (χ3v) is 3.41. The highest BCUT2D eigenvalue weighted by Gasteiger charge is 2.19. The lowest BCUT2D eigenvalue weighted by Gasteiger charge is -2.31. The molecule has 5 nitrogen and oxygen atoms in total. The first-order valence-corrected chi connectivity index (χ1v) is 6.25. The quantitative estimate of drug-likeness (QED) is 0.653. The smallest absolute Gasteiger partial charge is 0.269 e. The fraction of sp³-hybridized carbons (Fsp3) is 0.538. The molecule has 2 rings (SSSR count). The molecule has 0 saturated carbocycles. The van der Waals surface area contributed by atoms with Crippen molar-refractivity contribution in [1.29, 1.82) is 0 Å². The van der Waals surface area contributed by atoms with Crippen LogP contribution in [0.4, 0.5) is 5.69 Å². The van der Waals surface area contributed by atoms with E-state index in [1.165, 1.54) is 0 Å². The van der Waals surface area contributed by atoms with Gasteiger partial charge in [0.2, 0.25) is 0 Å². The van der Waals surface area contributed by atoms with E-state index in [0.717, 1.165) is 38.0 Å². The van der Waals surface area contributed by atoms with Crippen LogP contribution >= 0.6 is 0 Å². The van der Waals surface area contributed by atoms with Gasteiger partial charge in [-0.05, 0) is 30.9 Å². The van der Waals surface area contributed by atoms with Crippen molar-refractivity contribution in [2.75, 3.05) is 19.7 Å². The van der Waals surface area contributed by atoms with Crippen LogP contribution < -0.4 is 0 Å². The molecule has 1 N–H and O–H groups in total. The SMILES string of the molecule is O=[N+]([O-])c1ccc(CN2CCCC(CO)C2)cc1. The van der Waals surface area contributed by atoms with Crippen molar-refractivity contribution in [3.63, 3.8) is 0 Å². The number of piperidine rings is 1. The summed E-state index contributed by atoms with van der Waals surface area (Å²) in [5.41, 5.74) is 1.21. The Morgan fingerprint density at radius 1 is 1.39 bits per heavy atom. The first-order valence-electron chi connectivity index (χ1n) is 6.25. The summed E-state index contributed by atoms with van der Waals surface area (Å²) >= 11 is 0. The summed E-state index contributed by atoms with van der Waals surface area (Å²) in [6.07, 6.45) is 2.20. The molecule has 1 aliphatic rings. The third-order valence-electron chi connectivity index (χ3n) is 3.41. The Balaban J connectivity index is 1.94. The number of benzene rings is 1. The topological polar surface area (TPSA) is 66.6 Å². The van der Waals surface area contributed by atoms with Gasteiger partial charge in [-0.1, -0.05) is 12.1 Å². The predicted octanol–water partition coefficient (Wildman–Crippen LogP) is 1.80. The zero-order valence-electron chi connectivity index (χ0n) is 10.3. The fourth-order valence-corrected chi connectivity index (χ4v) is 2.43. The Morgan fingerprint density at radius 3 is 2.72 bits per heavy atom. The molecule has 98 valence electrons. The zero-order chi connectivity index (χ0) is 13.0. The summed E-state index contributed by atoms with van der Waals surface area (Å²) in [5.74, 6) is 0.372. The molecule has 1 fully saturated rings. The maximum Gasteiger partial charge on any atom is 0.269 e. The van der Waals surface area contributed by atoms with Crippen LogP contribution in [0.25, 0.3) is 0 Å². The van der Waals surface area contributed by atoms with E-state index in [1.54, 1.807) is 24.3 Å². The molecule has 1 unspecified atom stereocenters. The molecule has 1 aromatic rings. The number of nitro benzene ring substituents is 1. The van der Waals surface area contributed by atoms with Crippen LogP contribution in [0.2, 0.25) is 0 Å². The van der Waals surface area contributed by atoms with Gasteiger partial charge in [-0.3, -0.25) is 15.0 Å². The average molecular weight is 250 g/mol. The average Bonchev–Trinajstić information content (AvgIpc) is 2.39. The molecule has 1 heterocycles. The highest BCUT2D eigenvalue weighted by atomic mass is 16.6. The second-order valence-electron chi connectivity index (χ2n) is 4.85. The Morgan fingerprint density at radius 2 is 2.11 bits per heavy atom. The Bertz CT molecular complexity index is 405. The van der Waals surface area contributed by atoms with Crippen LogP contribution in [-0.4, -0.2) is 34.6 Å². The van der Waals surface area contributed by atoms with Crippen molar-refractivity contribution in [1.82, 2.24) is 4.90 Å². The highest BCUT2D eigenvalue weighted by Crippen LogP contribution is 2.19. The molecule has 5 heteroatoms. The Hall–Kier alpha value is -1.46. The van der Waals surface area contributed by atoms with E-state index in [4.69, 9.17) is 0 Å². The van der Waals surface area contributed by atoms with Gasteiger partial charge in [0.05, 0.1) is 4.92 Å². The largest absolute Gasteiger partial charge is 0.396 e. The van der Waals surface area contributed by atoms with Crippen LogP contribution in [0.3, 0.4) is 0 Å². The van der Waals surface area contributed by atoms with Crippen molar-refractivity contribution in [2.24, 2.45) is 5.92 Å². The Kier molecular flexibility index (Phi) is 4.28. The highest BCUT2D eigenvalue weighted by molar-refractivity contribution is 5.32. The van der Waals surface area contributed by atoms with E-state index in [0.29, 0.717) is 5.92 Å². The molecule has 1 aliphatic heterocycles. The fourth-order valence-electron chi connectivity index (χ4n) is 2.43. The van der Waals surface area contributed by atoms with Gasteiger partial charge in [0, 0.05) is 31.8 Å². The number of hydrogen-bond acceptors (Lipinski definition) is 4. The van der Waals surface area contributed by atoms with Gasteiger partial charge in [-0.25, -0.2) is 0 Å². The van der Waals surface area contributed by atoms with Crippen LogP contribution in [0.15, 0.2) is 24.3 Å². The molecule has 0 bridgehead atoms. The first kappa shape index (κ1) is 13.0. The zero-order valence-corrected chi connectivity index (χ0v) is 10.3. The van der Waals surface area contributed by atoms with E-state index in [-0.39, 0.29) is 17.2 Å². The summed E-state index contributed by atoms with van der Waals surface area (Å²) in [7, 11) is 0. The molecular weight excluding hydrogens is 232 g/mol. The minimum Gasteiger partial charge on any atom is -0.396 e. The second kappa shape index (κ2) is 5.93. The van der Waals surface area contributed by atoms with Crippen LogP contribution in [0, 0.1) is 16.0 Å². The molecule has 18 heavy (non-hydrogen) atoms. The number of hydrogen-bond donors (Lipinski definition) is 1. The predicted molar refractivity (Wildman–Crippen MR) is 68.2 cm³/mol. The molecule has 1 saturated heterocycles. The van der Waals surface area contributed by atoms with Gasteiger partial charge in [0.25, 0.3) is 5.69 Å². The van der Waals surface area contributed by atoms with E-state index < -0.39 is 0 Å². The number of nitro groups is 1. The van der Waals surface area contributed by atoms with Gasteiger partial charge in [-0.2, -0.15) is 0 Å². The van der Waals surface area contributed by atoms with Crippen LogP contribution in [0.1, 0.15) is 18.4 Å². The summed E-state index contributed by atoms with van der Waals surface area (Å²) in [6, 6.07) is 6.70. The van der Waals surface area contributed by atoms with E-state index >= 15 is 0 Å². The standard InChI is InChI=1S/C13H18N2O3/c16-10-12-2-1-7-14(9-12)8-11-3-5-13(6-4-11)15(17)18/h3-6,12,16H,1-2,7-10H2. The summed E-state index contributed by atoms with van der Waals surface area (Å²) < 4.78 is 0. The van der Waals surface area contributed by atoms with Crippen molar-refractivity contribution in [2.45, 2.75) is 19.4 Å². The minimum absolute atomic E-state index is 0.130. The molecule has 0 radical (unpaired) electrons. The molecule has 1 aromatic carbocycles. The lowest BCUT2D eigenvalue weighted by atomic mass is 9.98. The van der Waals surface area contributed by atoms with Gasteiger partial charge < -0.3 is 5.11 Å². The summed E-state index contributed by atoms with van der Waals surface area (Å²) in [5, 5.41) is 19.7. The maximum absolute atomic E-state index is 10.6. The van der Waals surface area contributed by atoms with E-state index in [1.807, 2.05) is 0 Å². The van der Waals surface area contributed by atoms with Crippen molar-refractivity contribution >= 4 is 5.69 Å². The van der Waals surface area contributed by atoms with E-state index in [2.05, 4.69) is 4.90 Å². The van der Waals surface area contributed by atoms with Crippen LogP contribution in [0.5, 0.6) is 0 Å². The normalized spacial score (nSPS) is 20.8. The molecular formula is C13H18N2O3. The summed E-state index contributed by atoms with van der Waals surface area (Å²) in [4.78, 5) is 12.5. The second-order valence-corrected chi connectivity index (χ2v) is 4.85. The number of aliphatic hydroxyl groups is 1. The minimum atomic E-state index is -0.382. The molecule has 1 atom stereocenters. The summed E-state index contributed by atoms with van der Waals surface area (Å²) in [6.45, 7) is 2.99. The van der Waals surface area contributed by atoms with Crippen molar-refractivity contribution < 1.29 is 10.0 Å². The maximum atomic E-state index is 10.6.